The number of hydrogen-bond acceptors (Lipinski definition) is 5. The minimum atomic E-state index is -1.16. The zero-order valence-electron chi connectivity index (χ0n) is 15.4. The van der Waals surface area contributed by atoms with Crippen LogP contribution in [0.15, 0.2) is 42.5 Å². The van der Waals surface area contributed by atoms with Crippen LogP contribution in [0.4, 0.5) is 4.39 Å². The van der Waals surface area contributed by atoms with Crippen molar-refractivity contribution in [3.8, 4) is 17.0 Å². The van der Waals surface area contributed by atoms with E-state index < -0.39 is 17.8 Å². The number of nitrogens with one attached hydrogen (secondary N) is 1. The van der Waals surface area contributed by atoms with E-state index in [1.807, 2.05) is 0 Å². The van der Waals surface area contributed by atoms with Crippen LogP contribution >= 0.6 is 0 Å². The number of ether oxygens (including phenoxy) is 2. The van der Waals surface area contributed by atoms with Gasteiger partial charge < -0.3 is 19.6 Å². The number of halogens is 1. The molecular weight excluding hydrogens is 379 g/mol. The van der Waals surface area contributed by atoms with Gasteiger partial charge in [-0.1, -0.05) is 0 Å². The molecular formula is C21H15FN2O5. The number of carbonyl (C=O) groups excluding carboxylic acids is 1. The highest BCUT2D eigenvalue weighted by molar-refractivity contribution is 6.13. The number of aromatic amines is 1. The smallest absolute Gasteiger partial charge is 0.337 e. The summed E-state index contributed by atoms with van der Waals surface area (Å²) in [5.41, 5.74) is 2.27. The summed E-state index contributed by atoms with van der Waals surface area (Å²) in [6.45, 7) is 0. The molecule has 0 saturated carbocycles. The third kappa shape index (κ3) is 3.04. The number of rotatable bonds is 4. The number of esters is 1. The van der Waals surface area contributed by atoms with E-state index in [1.165, 1.54) is 32.4 Å². The van der Waals surface area contributed by atoms with Gasteiger partial charge in [-0.15, -0.1) is 0 Å². The van der Waals surface area contributed by atoms with Gasteiger partial charge in [-0.2, -0.15) is 0 Å². The molecule has 0 aliphatic carbocycles. The van der Waals surface area contributed by atoms with Crippen LogP contribution < -0.4 is 4.74 Å². The molecule has 2 aromatic carbocycles. The predicted molar refractivity (Wildman–Crippen MR) is 104 cm³/mol. The van der Waals surface area contributed by atoms with Crippen LogP contribution in [0.5, 0.6) is 5.75 Å². The number of pyridine rings is 1. The van der Waals surface area contributed by atoms with Crippen molar-refractivity contribution in [3.63, 3.8) is 0 Å². The molecule has 2 aromatic heterocycles. The van der Waals surface area contributed by atoms with Crippen LogP contribution in [-0.4, -0.2) is 41.2 Å². The summed E-state index contributed by atoms with van der Waals surface area (Å²) >= 11 is 0. The molecule has 0 amide bonds. The minimum Gasteiger partial charge on any atom is -0.494 e. The lowest BCUT2D eigenvalue weighted by molar-refractivity contribution is 0.0600. The van der Waals surface area contributed by atoms with Gasteiger partial charge in [0.25, 0.3) is 0 Å². The molecule has 146 valence electrons. The van der Waals surface area contributed by atoms with Crippen molar-refractivity contribution in [1.29, 1.82) is 0 Å². The standard InChI is InChI=1S/C21H15FN2O5/c1-28-17-6-4-10(7-14(17)22)15-9-13(20(25)26)19-18(23-15)12-5-3-11(21(27)29-2)8-16(12)24-19/h3-9,24H,1-2H3,(H,25,26). The molecule has 0 bridgehead atoms. The maximum atomic E-state index is 14.1. The Morgan fingerprint density at radius 1 is 1.10 bits per heavy atom. The molecule has 2 N–H and O–H groups in total. The summed E-state index contributed by atoms with van der Waals surface area (Å²) < 4.78 is 23.8. The van der Waals surface area contributed by atoms with Gasteiger partial charge in [-0.25, -0.2) is 19.0 Å². The van der Waals surface area contributed by atoms with E-state index in [9.17, 15) is 19.1 Å². The fourth-order valence-corrected chi connectivity index (χ4v) is 3.24. The van der Waals surface area contributed by atoms with Gasteiger partial charge in [-0.05, 0) is 42.5 Å². The SMILES string of the molecule is COC(=O)c1ccc2c(c1)[nH]c1c(C(=O)O)cc(-c3ccc(OC)c(F)c3)nc12. The first-order valence-corrected chi connectivity index (χ1v) is 8.55. The molecule has 4 aromatic rings. The van der Waals surface area contributed by atoms with Crippen molar-refractivity contribution in [3.05, 3.63) is 59.4 Å². The second-order valence-corrected chi connectivity index (χ2v) is 6.31. The van der Waals surface area contributed by atoms with Crippen molar-refractivity contribution in [2.45, 2.75) is 0 Å². The molecule has 0 radical (unpaired) electrons. The summed E-state index contributed by atoms with van der Waals surface area (Å²) in [5.74, 6) is -2.17. The number of aromatic carboxylic acids is 1. The number of methoxy groups -OCH3 is 2. The number of carbonyl (C=O) groups is 2. The number of fused-ring (bicyclic) bond motifs is 3. The Balaban J connectivity index is 1.98. The molecule has 0 saturated heterocycles. The van der Waals surface area contributed by atoms with E-state index in [-0.39, 0.29) is 11.3 Å². The Labute approximate surface area is 163 Å². The largest absolute Gasteiger partial charge is 0.494 e. The average molecular weight is 394 g/mol. The van der Waals surface area contributed by atoms with Crippen LogP contribution in [0.1, 0.15) is 20.7 Å². The number of aromatic nitrogens is 2. The molecule has 2 heterocycles. The first kappa shape index (κ1) is 18.4. The van der Waals surface area contributed by atoms with Crippen molar-refractivity contribution in [2.24, 2.45) is 0 Å². The first-order chi connectivity index (χ1) is 13.9. The van der Waals surface area contributed by atoms with Crippen molar-refractivity contribution >= 4 is 33.9 Å². The van der Waals surface area contributed by atoms with E-state index in [0.29, 0.717) is 38.8 Å². The Morgan fingerprint density at radius 3 is 2.55 bits per heavy atom. The third-order valence-electron chi connectivity index (χ3n) is 4.65. The van der Waals surface area contributed by atoms with Crippen LogP contribution in [0, 0.1) is 5.82 Å². The second-order valence-electron chi connectivity index (χ2n) is 6.31. The highest BCUT2D eigenvalue weighted by Crippen LogP contribution is 2.32. The van der Waals surface area contributed by atoms with Crippen molar-refractivity contribution < 1.29 is 28.6 Å². The number of carboxylic acid groups (broad SMARTS) is 1. The van der Waals surface area contributed by atoms with Crippen LogP contribution in [0.3, 0.4) is 0 Å². The average Bonchev–Trinajstić information content (AvgIpc) is 3.09. The van der Waals surface area contributed by atoms with E-state index >= 15 is 0 Å². The molecule has 0 aliphatic rings. The highest BCUT2D eigenvalue weighted by atomic mass is 19.1. The summed E-state index contributed by atoms with van der Waals surface area (Å²) in [6, 6.07) is 10.5. The third-order valence-corrected chi connectivity index (χ3v) is 4.65. The minimum absolute atomic E-state index is 0.0166. The van der Waals surface area contributed by atoms with E-state index in [4.69, 9.17) is 9.47 Å². The second kappa shape index (κ2) is 6.90. The molecule has 0 spiro atoms. The lowest BCUT2D eigenvalue weighted by atomic mass is 10.1. The summed E-state index contributed by atoms with van der Waals surface area (Å²) in [6.07, 6.45) is 0. The number of H-pyrrole nitrogens is 1. The quantitative estimate of drug-likeness (QED) is 0.507. The Hall–Kier alpha value is -3.94. The highest BCUT2D eigenvalue weighted by Gasteiger charge is 2.19. The zero-order valence-corrected chi connectivity index (χ0v) is 15.4. The van der Waals surface area contributed by atoms with Crippen LogP contribution in [-0.2, 0) is 4.74 Å². The fourth-order valence-electron chi connectivity index (χ4n) is 3.24. The molecule has 0 aliphatic heterocycles. The van der Waals surface area contributed by atoms with Gasteiger partial charge in [0.15, 0.2) is 11.6 Å². The van der Waals surface area contributed by atoms with E-state index in [1.54, 1.807) is 24.3 Å². The molecule has 4 rings (SSSR count). The monoisotopic (exact) mass is 394 g/mol. The summed E-state index contributed by atoms with van der Waals surface area (Å²) in [7, 11) is 2.64. The first-order valence-electron chi connectivity index (χ1n) is 8.55. The summed E-state index contributed by atoms with van der Waals surface area (Å²) in [5, 5.41) is 10.3. The Bertz CT molecular complexity index is 1300. The van der Waals surface area contributed by atoms with Crippen molar-refractivity contribution in [1.82, 2.24) is 9.97 Å². The molecule has 0 atom stereocenters. The Kier molecular flexibility index (Phi) is 4.38. The maximum absolute atomic E-state index is 14.1. The fraction of sp³-hybridized carbons (Fsp3) is 0.0952. The van der Waals surface area contributed by atoms with Gasteiger partial charge in [0.1, 0.15) is 0 Å². The zero-order chi connectivity index (χ0) is 20.7. The van der Waals surface area contributed by atoms with Crippen molar-refractivity contribution in [2.75, 3.05) is 14.2 Å². The van der Waals surface area contributed by atoms with Gasteiger partial charge in [0.2, 0.25) is 0 Å². The lowest BCUT2D eigenvalue weighted by Gasteiger charge is -2.07. The topological polar surface area (TPSA) is 102 Å². The Morgan fingerprint density at radius 2 is 1.90 bits per heavy atom. The van der Waals surface area contributed by atoms with Gasteiger partial charge in [0, 0.05) is 16.5 Å². The normalized spacial score (nSPS) is 11.0. The number of nitrogens with zero attached hydrogens (tertiary/aromatic N) is 1. The molecule has 29 heavy (non-hydrogen) atoms. The van der Waals surface area contributed by atoms with E-state index in [2.05, 4.69) is 9.97 Å². The molecule has 0 unspecified atom stereocenters. The predicted octanol–water partition coefficient (Wildman–Crippen LogP) is 4.02. The maximum Gasteiger partial charge on any atom is 0.337 e. The number of hydrogen-bond donors (Lipinski definition) is 2. The number of benzene rings is 2. The van der Waals surface area contributed by atoms with Gasteiger partial charge >= 0.3 is 11.9 Å². The van der Waals surface area contributed by atoms with Gasteiger partial charge in [-0.3, -0.25) is 0 Å². The molecule has 8 heteroatoms. The van der Waals surface area contributed by atoms with Crippen LogP contribution in [0.25, 0.3) is 33.2 Å². The van der Waals surface area contributed by atoms with Gasteiger partial charge in [0.05, 0.1) is 42.1 Å². The van der Waals surface area contributed by atoms with E-state index in [0.717, 1.165) is 0 Å². The lowest BCUT2D eigenvalue weighted by Crippen LogP contribution is -2.00. The molecule has 7 nitrogen and oxygen atoms in total. The summed E-state index contributed by atoms with van der Waals surface area (Å²) in [4.78, 5) is 31.2. The van der Waals surface area contributed by atoms with Crippen LogP contribution in [0.2, 0.25) is 0 Å². The number of carboxylic acids is 1. The molecule has 0 fully saturated rings.